The first-order chi connectivity index (χ1) is 9.29. The molecule has 0 amide bonds. The standard InChI is InChI=1S/C11H14FN3O4S/c1-14-5-4-8(7-14)13-20(18,19)9-2-3-11(15(16)17)10(12)6-9/h2-3,6,8,13H,4-5,7H2,1H3. The fourth-order valence-corrected chi connectivity index (χ4v) is 3.39. The smallest absolute Gasteiger partial charge is 0.304 e. The van der Waals surface area contributed by atoms with Crippen molar-refractivity contribution in [1.29, 1.82) is 0 Å². The molecule has 0 saturated carbocycles. The van der Waals surface area contributed by atoms with Gasteiger partial charge in [-0.2, -0.15) is 4.39 Å². The molecule has 0 spiro atoms. The van der Waals surface area contributed by atoms with E-state index in [9.17, 15) is 22.9 Å². The zero-order valence-corrected chi connectivity index (χ0v) is 11.6. The molecule has 7 nitrogen and oxygen atoms in total. The van der Waals surface area contributed by atoms with E-state index in [1.54, 1.807) is 0 Å². The molecule has 0 aliphatic carbocycles. The quantitative estimate of drug-likeness (QED) is 0.653. The molecular weight excluding hydrogens is 289 g/mol. The molecule has 9 heteroatoms. The third-order valence-corrected chi connectivity index (χ3v) is 4.66. The summed E-state index contributed by atoms with van der Waals surface area (Å²) < 4.78 is 40.1. The van der Waals surface area contributed by atoms with E-state index in [1.165, 1.54) is 0 Å². The molecule has 1 N–H and O–H groups in total. The van der Waals surface area contributed by atoms with Crippen LogP contribution in [0, 0.1) is 15.9 Å². The lowest BCUT2D eigenvalue weighted by Crippen LogP contribution is -2.36. The average Bonchev–Trinajstić information content (AvgIpc) is 2.73. The first-order valence-electron chi connectivity index (χ1n) is 5.94. The van der Waals surface area contributed by atoms with Gasteiger partial charge in [0.25, 0.3) is 0 Å². The second kappa shape index (κ2) is 5.43. The Morgan fingerprint density at radius 1 is 1.50 bits per heavy atom. The van der Waals surface area contributed by atoms with Crippen molar-refractivity contribution in [3.8, 4) is 0 Å². The highest BCUT2D eigenvalue weighted by molar-refractivity contribution is 7.89. The van der Waals surface area contributed by atoms with Gasteiger partial charge in [0, 0.05) is 24.7 Å². The number of sulfonamides is 1. The van der Waals surface area contributed by atoms with E-state index in [4.69, 9.17) is 0 Å². The summed E-state index contributed by atoms with van der Waals surface area (Å²) in [5, 5.41) is 10.5. The van der Waals surface area contributed by atoms with Crippen LogP contribution in [0.1, 0.15) is 6.42 Å². The highest BCUT2D eigenvalue weighted by Gasteiger charge is 2.27. The molecule has 1 saturated heterocycles. The third-order valence-electron chi connectivity index (χ3n) is 3.14. The van der Waals surface area contributed by atoms with Crippen LogP contribution < -0.4 is 4.72 Å². The summed E-state index contributed by atoms with van der Waals surface area (Å²) in [6.07, 6.45) is 0.672. The van der Waals surface area contributed by atoms with Crippen molar-refractivity contribution in [2.24, 2.45) is 0 Å². The topological polar surface area (TPSA) is 92.6 Å². The number of nitrogens with one attached hydrogen (secondary N) is 1. The molecular formula is C11H14FN3O4S. The molecule has 20 heavy (non-hydrogen) atoms. The lowest BCUT2D eigenvalue weighted by Gasteiger charge is -2.13. The van der Waals surface area contributed by atoms with Gasteiger partial charge >= 0.3 is 5.69 Å². The summed E-state index contributed by atoms with van der Waals surface area (Å²) in [7, 11) is -2.00. The van der Waals surface area contributed by atoms with E-state index >= 15 is 0 Å². The van der Waals surface area contributed by atoms with E-state index < -0.39 is 26.5 Å². The molecule has 1 aromatic rings. The number of benzene rings is 1. The molecule has 0 radical (unpaired) electrons. The Kier molecular flexibility index (Phi) is 4.02. The highest BCUT2D eigenvalue weighted by Crippen LogP contribution is 2.21. The van der Waals surface area contributed by atoms with E-state index in [1.807, 2.05) is 11.9 Å². The Morgan fingerprint density at radius 2 is 2.20 bits per heavy atom. The number of likely N-dealkylation sites (N-methyl/N-ethyl adjacent to an activating group) is 1. The fourth-order valence-electron chi connectivity index (χ4n) is 2.12. The van der Waals surface area contributed by atoms with Crippen LogP contribution in [0.15, 0.2) is 23.1 Å². The molecule has 1 unspecified atom stereocenters. The normalized spacial score (nSPS) is 20.2. The van der Waals surface area contributed by atoms with Gasteiger partial charge in [-0.25, -0.2) is 13.1 Å². The van der Waals surface area contributed by atoms with Crippen LogP contribution in [-0.4, -0.2) is 44.4 Å². The average molecular weight is 303 g/mol. The Labute approximate surface area is 115 Å². The van der Waals surface area contributed by atoms with Crippen molar-refractivity contribution in [2.45, 2.75) is 17.4 Å². The maximum Gasteiger partial charge on any atom is 0.304 e. The molecule has 1 aliphatic rings. The Hall–Kier alpha value is -1.58. The van der Waals surface area contributed by atoms with Crippen LogP contribution in [0.25, 0.3) is 0 Å². The molecule has 1 atom stereocenters. The van der Waals surface area contributed by atoms with Gasteiger partial charge in [-0.05, 0) is 26.1 Å². The van der Waals surface area contributed by atoms with Gasteiger partial charge in [0.05, 0.1) is 9.82 Å². The zero-order chi connectivity index (χ0) is 14.9. The molecule has 110 valence electrons. The van der Waals surface area contributed by atoms with Crippen molar-refractivity contribution in [2.75, 3.05) is 20.1 Å². The van der Waals surface area contributed by atoms with Crippen molar-refractivity contribution >= 4 is 15.7 Å². The Bertz CT molecular complexity index is 635. The van der Waals surface area contributed by atoms with E-state index in [0.717, 1.165) is 18.7 Å². The largest absolute Gasteiger partial charge is 0.305 e. The van der Waals surface area contributed by atoms with Crippen LogP contribution in [0.5, 0.6) is 0 Å². The van der Waals surface area contributed by atoms with Crippen molar-refractivity contribution < 1.29 is 17.7 Å². The maximum absolute atomic E-state index is 13.5. The Morgan fingerprint density at radius 3 is 2.70 bits per heavy atom. The molecule has 1 aromatic carbocycles. The minimum atomic E-state index is -3.87. The van der Waals surface area contributed by atoms with Gasteiger partial charge in [0.1, 0.15) is 0 Å². The minimum Gasteiger partial charge on any atom is -0.305 e. The van der Waals surface area contributed by atoms with Crippen LogP contribution >= 0.6 is 0 Å². The molecule has 1 fully saturated rings. The van der Waals surface area contributed by atoms with Gasteiger partial charge in [0.2, 0.25) is 15.8 Å². The fraction of sp³-hybridized carbons (Fsp3) is 0.455. The number of rotatable bonds is 4. The van der Waals surface area contributed by atoms with Crippen LogP contribution in [0.3, 0.4) is 0 Å². The summed E-state index contributed by atoms with van der Waals surface area (Å²) in [5.41, 5.74) is -0.746. The third kappa shape index (κ3) is 3.11. The summed E-state index contributed by atoms with van der Waals surface area (Å²) in [6, 6.07) is 2.31. The summed E-state index contributed by atoms with van der Waals surface area (Å²) >= 11 is 0. The lowest BCUT2D eigenvalue weighted by molar-refractivity contribution is -0.387. The minimum absolute atomic E-state index is 0.233. The molecule has 0 aromatic heterocycles. The van der Waals surface area contributed by atoms with Crippen molar-refractivity contribution in [1.82, 2.24) is 9.62 Å². The highest BCUT2D eigenvalue weighted by atomic mass is 32.2. The van der Waals surface area contributed by atoms with Crippen LogP contribution in [-0.2, 0) is 10.0 Å². The lowest BCUT2D eigenvalue weighted by atomic mass is 10.3. The zero-order valence-electron chi connectivity index (χ0n) is 10.7. The number of likely N-dealkylation sites (tertiary alicyclic amines) is 1. The maximum atomic E-state index is 13.5. The second-order valence-electron chi connectivity index (χ2n) is 4.74. The van der Waals surface area contributed by atoms with E-state index in [0.29, 0.717) is 19.0 Å². The summed E-state index contributed by atoms with van der Waals surface area (Å²) in [4.78, 5) is 11.3. The van der Waals surface area contributed by atoms with Gasteiger partial charge < -0.3 is 4.90 Å². The van der Waals surface area contributed by atoms with Gasteiger partial charge in [-0.15, -0.1) is 0 Å². The number of halogens is 1. The van der Waals surface area contributed by atoms with Crippen molar-refractivity contribution in [3.05, 3.63) is 34.1 Å². The Balaban J connectivity index is 2.21. The summed E-state index contributed by atoms with van der Waals surface area (Å²) in [5.74, 6) is -1.17. The molecule has 0 bridgehead atoms. The van der Waals surface area contributed by atoms with E-state index in [-0.39, 0.29) is 10.9 Å². The second-order valence-corrected chi connectivity index (χ2v) is 6.45. The number of hydrogen-bond acceptors (Lipinski definition) is 5. The number of nitrogens with zero attached hydrogens (tertiary/aromatic N) is 2. The number of hydrogen-bond donors (Lipinski definition) is 1. The van der Waals surface area contributed by atoms with Crippen molar-refractivity contribution in [3.63, 3.8) is 0 Å². The van der Waals surface area contributed by atoms with Crippen LogP contribution in [0.4, 0.5) is 10.1 Å². The predicted molar refractivity (Wildman–Crippen MR) is 69.3 cm³/mol. The SMILES string of the molecule is CN1CCC(NS(=O)(=O)c2ccc([N+](=O)[O-])c(F)c2)C1. The molecule has 2 rings (SSSR count). The number of nitro benzene ring substituents is 1. The number of nitro groups is 1. The first-order valence-corrected chi connectivity index (χ1v) is 7.43. The van der Waals surface area contributed by atoms with E-state index in [2.05, 4.69) is 4.72 Å². The first kappa shape index (κ1) is 14.8. The van der Waals surface area contributed by atoms with Gasteiger partial charge in [0.15, 0.2) is 0 Å². The van der Waals surface area contributed by atoms with Crippen LogP contribution in [0.2, 0.25) is 0 Å². The van der Waals surface area contributed by atoms with Gasteiger partial charge in [-0.3, -0.25) is 10.1 Å². The predicted octanol–water partition coefficient (Wildman–Crippen LogP) is 0.716. The molecule has 1 aliphatic heterocycles. The summed E-state index contributed by atoms with van der Waals surface area (Å²) in [6.45, 7) is 1.36. The molecule has 1 heterocycles. The monoisotopic (exact) mass is 303 g/mol. The van der Waals surface area contributed by atoms with Gasteiger partial charge in [-0.1, -0.05) is 0 Å².